The molecule has 2 rings (SSSR count). The van der Waals surface area contributed by atoms with Gasteiger partial charge in [-0.05, 0) is 40.8 Å². The maximum Gasteiger partial charge on any atom is 0.230 e. The number of carbonyl (C=O) groups is 1. The van der Waals surface area contributed by atoms with Crippen LogP contribution in [0.4, 0.5) is 0 Å². The van der Waals surface area contributed by atoms with Crippen LogP contribution in [0.3, 0.4) is 0 Å². The topological polar surface area (TPSA) is 55.1 Å². The van der Waals surface area contributed by atoms with Crippen LogP contribution in [0.2, 0.25) is 0 Å². The molecule has 0 spiro atoms. The molecule has 21 heavy (non-hydrogen) atoms. The van der Waals surface area contributed by atoms with Crippen LogP contribution in [0, 0.1) is 12.8 Å². The Morgan fingerprint density at radius 3 is 2.62 bits per heavy atom. The molecule has 1 aromatic heterocycles. The first kappa shape index (κ1) is 15.7. The lowest BCUT2D eigenvalue weighted by Crippen LogP contribution is -2.38. The number of aryl methyl sites for hydroxylation is 1. The van der Waals surface area contributed by atoms with E-state index < -0.39 is 5.92 Å². The van der Waals surface area contributed by atoms with Gasteiger partial charge in [0.1, 0.15) is 0 Å². The van der Waals surface area contributed by atoms with Gasteiger partial charge in [0.2, 0.25) is 5.91 Å². The summed E-state index contributed by atoms with van der Waals surface area (Å²) in [5.41, 5.74) is 9.11. The molecule has 0 saturated carbocycles. The molecule has 0 aliphatic carbocycles. The minimum Gasteiger partial charge on any atom is -0.393 e. The summed E-state index contributed by atoms with van der Waals surface area (Å²) in [6.07, 6.45) is 0.532. The Morgan fingerprint density at radius 2 is 2.05 bits per heavy atom. The van der Waals surface area contributed by atoms with E-state index in [-0.39, 0.29) is 10.9 Å². The Morgan fingerprint density at radius 1 is 1.33 bits per heavy atom. The minimum absolute atomic E-state index is 0.114. The second-order valence-corrected chi connectivity index (χ2v) is 6.16. The molecule has 2 aromatic rings. The van der Waals surface area contributed by atoms with Gasteiger partial charge >= 0.3 is 0 Å². The van der Waals surface area contributed by atoms with E-state index in [9.17, 15) is 4.79 Å². The number of nitrogens with one attached hydrogen (secondary N) is 1. The summed E-state index contributed by atoms with van der Waals surface area (Å²) in [5, 5.41) is 7.04. The molecule has 110 valence electrons. The van der Waals surface area contributed by atoms with E-state index in [1.165, 1.54) is 5.56 Å². The zero-order chi connectivity index (χ0) is 15.2. The average Bonchev–Trinajstić information content (AvgIpc) is 2.88. The van der Waals surface area contributed by atoms with Gasteiger partial charge in [-0.1, -0.05) is 42.5 Å². The van der Waals surface area contributed by atoms with E-state index in [4.69, 9.17) is 18.0 Å². The van der Waals surface area contributed by atoms with Crippen LogP contribution < -0.4 is 11.1 Å². The molecule has 1 aromatic carbocycles. The fourth-order valence-electron chi connectivity index (χ4n) is 2.05. The lowest BCUT2D eigenvalue weighted by atomic mass is 9.98. The van der Waals surface area contributed by atoms with Crippen LogP contribution in [-0.2, 0) is 17.8 Å². The van der Waals surface area contributed by atoms with Crippen molar-refractivity contribution in [2.75, 3.05) is 0 Å². The first-order valence-electron chi connectivity index (χ1n) is 6.70. The highest BCUT2D eigenvalue weighted by Gasteiger charge is 2.21. The van der Waals surface area contributed by atoms with Crippen LogP contribution in [0.1, 0.15) is 16.7 Å². The highest BCUT2D eigenvalue weighted by atomic mass is 32.1. The predicted molar refractivity (Wildman–Crippen MR) is 91.3 cm³/mol. The summed E-state index contributed by atoms with van der Waals surface area (Å²) in [4.78, 5) is 12.6. The molecule has 1 heterocycles. The van der Waals surface area contributed by atoms with Crippen molar-refractivity contribution in [1.82, 2.24) is 5.32 Å². The summed E-state index contributed by atoms with van der Waals surface area (Å²) in [6, 6.07) is 9.78. The van der Waals surface area contributed by atoms with Crippen molar-refractivity contribution < 1.29 is 4.79 Å². The number of nitrogens with two attached hydrogens (primary N) is 1. The van der Waals surface area contributed by atoms with Crippen molar-refractivity contribution in [3.05, 3.63) is 57.8 Å². The van der Waals surface area contributed by atoms with Gasteiger partial charge in [-0.2, -0.15) is 11.3 Å². The van der Waals surface area contributed by atoms with E-state index in [2.05, 4.69) is 10.7 Å². The van der Waals surface area contributed by atoms with Gasteiger partial charge in [0, 0.05) is 6.54 Å². The Labute approximate surface area is 134 Å². The summed E-state index contributed by atoms with van der Waals surface area (Å²) >= 11 is 6.68. The highest BCUT2D eigenvalue weighted by Crippen LogP contribution is 2.14. The van der Waals surface area contributed by atoms with Crippen LogP contribution in [0.25, 0.3) is 0 Å². The highest BCUT2D eigenvalue weighted by molar-refractivity contribution is 7.80. The first-order valence-corrected chi connectivity index (χ1v) is 8.05. The van der Waals surface area contributed by atoms with E-state index >= 15 is 0 Å². The molecule has 0 aliphatic heterocycles. The van der Waals surface area contributed by atoms with Gasteiger partial charge in [-0.15, -0.1) is 0 Å². The quantitative estimate of drug-likeness (QED) is 0.805. The Balaban J connectivity index is 1.99. The first-order chi connectivity index (χ1) is 10.1. The third-order valence-corrected chi connectivity index (χ3v) is 4.55. The van der Waals surface area contributed by atoms with Gasteiger partial charge in [0.05, 0.1) is 10.9 Å². The van der Waals surface area contributed by atoms with Crippen molar-refractivity contribution >= 4 is 34.5 Å². The zero-order valence-corrected chi connectivity index (χ0v) is 13.5. The molecule has 0 fully saturated rings. The fourth-order valence-corrected chi connectivity index (χ4v) is 3.09. The SMILES string of the molecule is Cc1cscc1CNC(=O)C(Cc1ccccc1)C(N)=S. The van der Waals surface area contributed by atoms with Crippen molar-refractivity contribution in [2.24, 2.45) is 11.7 Å². The van der Waals surface area contributed by atoms with Crippen LogP contribution in [-0.4, -0.2) is 10.9 Å². The maximum absolute atomic E-state index is 12.3. The Hall–Kier alpha value is -1.72. The molecule has 1 amide bonds. The zero-order valence-electron chi connectivity index (χ0n) is 11.8. The van der Waals surface area contributed by atoms with Crippen molar-refractivity contribution in [3.63, 3.8) is 0 Å². The number of carbonyl (C=O) groups excluding carboxylic acids is 1. The van der Waals surface area contributed by atoms with Crippen molar-refractivity contribution in [1.29, 1.82) is 0 Å². The molecule has 1 unspecified atom stereocenters. The van der Waals surface area contributed by atoms with Gasteiger partial charge in [-0.25, -0.2) is 0 Å². The molecular formula is C16H18N2OS2. The van der Waals surface area contributed by atoms with Gasteiger partial charge in [-0.3, -0.25) is 4.79 Å². The summed E-state index contributed by atoms with van der Waals surface area (Å²) in [6.45, 7) is 2.55. The van der Waals surface area contributed by atoms with Crippen LogP contribution >= 0.6 is 23.6 Å². The molecule has 0 aliphatic rings. The molecule has 0 bridgehead atoms. The molecule has 0 saturated heterocycles. The normalized spacial score (nSPS) is 11.9. The van der Waals surface area contributed by atoms with Gasteiger partial charge < -0.3 is 11.1 Å². The van der Waals surface area contributed by atoms with Crippen LogP contribution in [0.5, 0.6) is 0 Å². The number of thiocarbonyl (C=S) groups is 1. The monoisotopic (exact) mass is 318 g/mol. The average molecular weight is 318 g/mol. The third kappa shape index (κ3) is 4.37. The van der Waals surface area contributed by atoms with E-state index in [0.29, 0.717) is 13.0 Å². The minimum atomic E-state index is -0.471. The number of hydrogen-bond acceptors (Lipinski definition) is 3. The van der Waals surface area contributed by atoms with Crippen molar-refractivity contribution in [2.45, 2.75) is 19.9 Å². The summed E-state index contributed by atoms with van der Waals surface area (Å²) < 4.78 is 0. The van der Waals surface area contributed by atoms with Crippen LogP contribution in [0.15, 0.2) is 41.1 Å². The van der Waals surface area contributed by atoms with Gasteiger partial charge in [0.25, 0.3) is 0 Å². The second kappa shape index (κ2) is 7.33. The van der Waals surface area contributed by atoms with E-state index in [0.717, 1.165) is 11.1 Å². The Bertz CT molecular complexity index is 622. The number of amides is 1. The molecule has 5 heteroatoms. The lowest BCUT2D eigenvalue weighted by Gasteiger charge is -2.15. The molecular weight excluding hydrogens is 300 g/mol. The molecule has 1 atom stereocenters. The fraction of sp³-hybridized carbons (Fsp3) is 0.250. The number of hydrogen-bond donors (Lipinski definition) is 2. The maximum atomic E-state index is 12.3. The second-order valence-electron chi connectivity index (χ2n) is 4.94. The number of rotatable bonds is 6. The standard InChI is InChI=1S/C16H18N2OS2/c1-11-9-21-10-13(11)8-18-16(19)14(15(17)20)7-12-5-3-2-4-6-12/h2-6,9-10,14H,7-8H2,1H3,(H2,17,20)(H,18,19). The number of benzene rings is 1. The Kier molecular flexibility index (Phi) is 5.47. The summed E-state index contributed by atoms with van der Waals surface area (Å²) in [7, 11) is 0. The molecule has 3 nitrogen and oxygen atoms in total. The largest absolute Gasteiger partial charge is 0.393 e. The van der Waals surface area contributed by atoms with E-state index in [1.807, 2.05) is 42.6 Å². The smallest absolute Gasteiger partial charge is 0.230 e. The predicted octanol–water partition coefficient (Wildman–Crippen LogP) is 2.82. The molecule has 0 radical (unpaired) electrons. The summed E-state index contributed by atoms with van der Waals surface area (Å²) in [5.74, 6) is -0.585. The lowest BCUT2D eigenvalue weighted by molar-refractivity contribution is -0.123. The molecule has 3 N–H and O–H groups in total. The van der Waals surface area contributed by atoms with E-state index in [1.54, 1.807) is 11.3 Å². The van der Waals surface area contributed by atoms with Crippen molar-refractivity contribution in [3.8, 4) is 0 Å². The number of thiophene rings is 1. The third-order valence-electron chi connectivity index (χ3n) is 3.36. The van der Waals surface area contributed by atoms with Gasteiger partial charge in [0.15, 0.2) is 0 Å².